The van der Waals surface area contributed by atoms with Crippen molar-refractivity contribution in [3.05, 3.63) is 29.8 Å². The maximum Gasteiger partial charge on any atom is 0.224 e. The molecule has 1 amide bonds. The van der Waals surface area contributed by atoms with E-state index in [1.807, 2.05) is 31.2 Å². The molecule has 1 aromatic carbocycles. The van der Waals surface area contributed by atoms with Gasteiger partial charge < -0.3 is 15.7 Å². The molecule has 0 aromatic heterocycles. The topological polar surface area (TPSA) is 61.4 Å². The molecule has 20 heavy (non-hydrogen) atoms. The molecule has 0 spiro atoms. The van der Waals surface area contributed by atoms with Gasteiger partial charge in [-0.3, -0.25) is 4.79 Å². The Morgan fingerprint density at radius 1 is 1.20 bits per heavy atom. The van der Waals surface area contributed by atoms with Crippen molar-refractivity contribution in [2.24, 2.45) is 0 Å². The molecule has 0 saturated heterocycles. The SMILES string of the molecule is CCCNC(CC)C(O)c1ccc(NC(=O)CC)cc1. The summed E-state index contributed by atoms with van der Waals surface area (Å²) < 4.78 is 0. The van der Waals surface area contributed by atoms with Gasteiger partial charge in [0.15, 0.2) is 0 Å². The van der Waals surface area contributed by atoms with Crippen LogP contribution >= 0.6 is 0 Å². The van der Waals surface area contributed by atoms with E-state index in [1.54, 1.807) is 0 Å². The molecule has 3 N–H and O–H groups in total. The van der Waals surface area contributed by atoms with Crippen LogP contribution in [0.15, 0.2) is 24.3 Å². The average Bonchev–Trinajstić information content (AvgIpc) is 2.48. The predicted octanol–water partition coefficient (Wildman–Crippen LogP) is 2.85. The summed E-state index contributed by atoms with van der Waals surface area (Å²) in [5, 5.41) is 16.5. The minimum absolute atomic E-state index is 0.00524. The number of rotatable bonds is 8. The van der Waals surface area contributed by atoms with Crippen LogP contribution in [0.3, 0.4) is 0 Å². The molecule has 0 heterocycles. The van der Waals surface area contributed by atoms with E-state index in [0.717, 1.165) is 30.6 Å². The molecule has 0 aliphatic carbocycles. The summed E-state index contributed by atoms with van der Waals surface area (Å²) >= 11 is 0. The highest BCUT2D eigenvalue weighted by atomic mass is 16.3. The largest absolute Gasteiger partial charge is 0.387 e. The van der Waals surface area contributed by atoms with Crippen LogP contribution in [0.2, 0.25) is 0 Å². The number of carbonyl (C=O) groups excluding carboxylic acids is 1. The third-order valence-corrected chi connectivity index (χ3v) is 3.33. The van der Waals surface area contributed by atoms with Crippen molar-refractivity contribution in [2.45, 2.75) is 52.2 Å². The summed E-state index contributed by atoms with van der Waals surface area (Å²) in [6.07, 6.45) is 1.85. The highest BCUT2D eigenvalue weighted by molar-refractivity contribution is 5.90. The molecular weight excluding hydrogens is 252 g/mol. The molecule has 0 bridgehead atoms. The van der Waals surface area contributed by atoms with Gasteiger partial charge >= 0.3 is 0 Å². The number of benzene rings is 1. The molecule has 112 valence electrons. The van der Waals surface area contributed by atoms with Crippen molar-refractivity contribution in [1.29, 1.82) is 0 Å². The number of hydrogen-bond acceptors (Lipinski definition) is 3. The Balaban J connectivity index is 2.68. The molecule has 1 aromatic rings. The summed E-state index contributed by atoms with van der Waals surface area (Å²) in [6.45, 7) is 6.89. The zero-order valence-electron chi connectivity index (χ0n) is 12.6. The molecule has 0 aliphatic rings. The van der Waals surface area contributed by atoms with Crippen LogP contribution in [0.1, 0.15) is 51.7 Å². The van der Waals surface area contributed by atoms with Crippen LogP contribution in [0.5, 0.6) is 0 Å². The second-order valence-corrected chi connectivity index (χ2v) is 4.94. The van der Waals surface area contributed by atoms with E-state index in [4.69, 9.17) is 0 Å². The van der Waals surface area contributed by atoms with E-state index < -0.39 is 6.10 Å². The lowest BCUT2D eigenvalue weighted by Crippen LogP contribution is -2.34. The summed E-state index contributed by atoms with van der Waals surface area (Å²) in [4.78, 5) is 11.3. The number of aliphatic hydroxyl groups excluding tert-OH is 1. The fourth-order valence-electron chi connectivity index (χ4n) is 2.05. The zero-order valence-corrected chi connectivity index (χ0v) is 12.6. The van der Waals surface area contributed by atoms with Crippen LogP contribution in [0, 0.1) is 0 Å². The number of nitrogens with one attached hydrogen (secondary N) is 2. The number of hydrogen-bond donors (Lipinski definition) is 3. The second-order valence-electron chi connectivity index (χ2n) is 4.94. The first-order valence-corrected chi connectivity index (χ1v) is 7.43. The lowest BCUT2D eigenvalue weighted by molar-refractivity contribution is -0.115. The fourth-order valence-corrected chi connectivity index (χ4v) is 2.05. The molecule has 0 radical (unpaired) electrons. The third kappa shape index (κ3) is 4.94. The van der Waals surface area contributed by atoms with Crippen LogP contribution in [0.4, 0.5) is 5.69 Å². The first-order valence-electron chi connectivity index (χ1n) is 7.43. The standard InChI is InChI=1S/C16H26N2O2/c1-4-11-17-14(5-2)16(20)12-7-9-13(10-8-12)18-15(19)6-3/h7-10,14,16-17,20H,4-6,11H2,1-3H3,(H,18,19). The van der Waals surface area contributed by atoms with E-state index in [1.165, 1.54) is 0 Å². The van der Waals surface area contributed by atoms with Crippen molar-refractivity contribution >= 4 is 11.6 Å². The molecule has 0 aliphatic heterocycles. The first-order chi connectivity index (χ1) is 9.62. The Morgan fingerprint density at radius 3 is 2.35 bits per heavy atom. The molecule has 2 unspecified atom stereocenters. The van der Waals surface area contributed by atoms with E-state index in [9.17, 15) is 9.90 Å². The molecular formula is C16H26N2O2. The van der Waals surface area contributed by atoms with E-state index >= 15 is 0 Å². The van der Waals surface area contributed by atoms with Crippen molar-refractivity contribution in [1.82, 2.24) is 5.32 Å². The lowest BCUT2D eigenvalue weighted by Gasteiger charge is -2.23. The molecule has 0 saturated carbocycles. The van der Waals surface area contributed by atoms with Gasteiger partial charge in [-0.2, -0.15) is 0 Å². The zero-order chi connectivity index (χ0) is 15.0. The van der Waals surface area contributed by atoms with Gasteiger partial charge in [-0.15, -0.1) is 0 Å². The summed E-state index contributed by atoms with van der Waals surface area (Å²) in [5.41, 5.74) is 1.64. The van der Waals surface area contributed by atoms with Gasteiger partial charge in [-0.25, -0.2) is 0 Å². The predicted molar refractivity (Wildman–Crippen MR) is 82.7 cm³/mol. The summed E-state index contributed by atoms with van der Waals surface area (Å²) in [7, 11) is 0. The van der Waals surface area contributed by atoms with Gasteiger partial charge in [-0.1, -0.05) is 32.9 Å². The van der Waals surface area contributed by atoms with Crippen LogP contribution in [-0.4, -0.2) is 23.6 Å². The summed E-state index contributed by atoms with van der Waals surface area (Å²) in [6, 6.07) is 7.46. The average molecular weight is 278 g/mol. The van der Waals surface area contributed by atoms with Crippen molar-refractivity contribution < 1.29 is 9.90 Å². The maximum atomic E-state index is 11.3. The second kappa shape index (κ2) is 8.72. The highest BCUT2D eigenvalue weighted by Gasteiger charge is 2.18. The van der Waals surface area contributed by atoms with E-state index in [2.05, 4.69) is 24.5 Å². The third-order valence-electron chi connectivity index (χ3n) is 3.33. The fraction of sp³-hybridized carbons (Fsp3) is 0.562. The Morgan fingerprint density at radius 2 is 1.85 bits per heavy atom. The Kier molecular flexibility index (Phi) is 7.26. The molecule has 2 atom stereocenters. The van der Waals surface area contributed by atoms with Crippen molar-refractivity contribution in [3.8, 4) is 0 Å². The first kappa shape index (κ1) is 16.7. The highest BCUT2D eigenvalue weighted by Crippen LogP contribution is 2.21. The van der Waals surface area contributed by atoms with Crippen LogP contribution < -0.4 is 10.6 Å². The quantitative estimate of drug-likeness (QED) is 0.685. The maximum absolute atomic E-state index is 11.3. The van der Waals surface area contributed by atoms with Gasteiger partial charge in [0, 0.05) is 18.2 Å². The minimum atomic E-state index is -0.525. The molecule has 4 nitrogen and oxygen atoms in total. The van der Waals surface area contributed by atoms with Crippen LogP contribution in [0.25, 0.3) is 0 Å². The van der Waals surface area contributed by atoms with Gasteiger partial charge in [0.1, 0.15) is 0 Å². The van der Waals surface area contributed by atoms with Gasteiger partial charge in [-0.05, 0) is 37.1 Å². The minimum Gasteiger partial charge on any atom is -0.387 e. The Hall–Kier alpha value is -1.39. The van der Waals surface area contributed by atoms with Gasteiger partial charge in [0.2, 0.25) is 5.91 Å². The Labute approximate surface area is 121 Å². The number of anilines is 1. The van der Waals surface area contributed by atoms with Gasteiger partial charge in [0.25, 0.3) is 0 Å². The smallest absolute Gasteiger partial charge is 0.224 e. The van der Waals surface area contributed by atoms with Gasteiger partial charge in [0.05, 0.1) is 6.10 Å². The van der Waals surface area contributed by atoms with Crippen LogP contribution in [-0.2, 0) is 4.79 Å². The number of amides is 1. The number of carbonyl (C=O) groups is 1. The molecule has 4 heteroatoms. The van der Waals surface area contributed by atoms with Crippen molar-refractivity contribution in [2.75, 3.05) is 11.9 Å². The van der Waals surface area contributed by atoms with E-state index in [-0.39, 0.29) is 11.9 Å². The molecule has 0 fully saturated rings. The Bertz CT molecular complexity index is 403. The number of aliphatic hydroxyl groups is 1. The normalized spacial score (nSPS) is 13.8. The monoisotopic (exact) mass is 278 g/mol. The molecule has 1 rings (SSSR count). The summed E-state index contributed by atoms with van der Waals surface area (Å²) in [5.74, 6) is -0.00524. The van der Waals surface area contributed by atoms with Crippen molar-refractivity contribution in [3.63, 3.8) is 0 Å². The van der Waals surface area contributed by atoms with E-state index in [0.29, 0.717) is 6.42 Å². The lowest BCUT2D eigenvalue weighted by atomic mass is 10.00.